The van der Waals surface area contributed by atoms with Crippen molar-refractivity contribution in [2.24, 2.45) is 11.3 Å². The van der Waals surface area contributed by atoms with E-state index in [0.29, 0.717) is 35.8 Å². The molecular weight excluding hydrogens is 376 g/mol. The van der Waals surface area contributed by atoms with Crippen LogP contribution in [0, 0.1) is 11.3 Å². The third-order valence-electron chi connectivity index (χ3n) is 5.52. The maximum absolute atomic E-state index is 12.4. The maximum Gasteiger partial charge on any atom is 0.323 e. The van der Waals surface area contributed by atoms with Crippen molar-refractivity contribution in [2.45, 2.75) is 19.3 Å². The molecule has 6 heteroatoms. The Bertz CT molecular complexity index is 941. The Labute approximate surface area is 168 Å². The number of hydrogen-bond acceptors (Lipinski definition) is 3. The summed E-state index contributed by atoms with van der Waals surface area (Å²) in [6.07, 6.45) is 2.18. The molecule has 0 spiro atoms. The molecule has 1 heterocycles. The first kappa shape index (κ1) is 18.6. The van der Waals surface area contributed by atoms with Gasteiger partial charge in [0, 0.05) is 22.3 Å². The van der Waals surface area contributed by atoms with E-state index in [4.69, 9.17) is 16.3 Å². The van der Waals surface area contributed by atoms with Crippen LogP contribution in [0.25, 0.3) is 0 Å². The number of anilines is 2. The molecule has 0 radical (unpaired) electrons. The first-order valence-corrected chi connectivity index (χ1v) is 9.59. The Morgan fingerprint density at radius 2 is 1.93 bits per heavy atom. The molecule has 2 fully saturated rings. The van der Waals surface area contributed by atoms with Gasteiger partial charge in [-0.25, -0.2) is 4.79 Å². The highest BCUT2D eigenvalue weighted by atomic mass is 35.5. The number of cyclic esters (lactones) is 1. The van der Waals surface area contributed by atoms with E-state index in [9.17, 15) is 9.59 Å². The van der Waals surface area contributed by atoms with Crippen molar-refractivity contribution in [2.75, 3.05) is 17.2 Å². The second kappa shape index (κ2) is 7.32. The van der Waals surface area contributed by atoms with E-state index < -0.39 is 5.41 Å². The first-order valence-electron chi connectivity index (χ1n) is 9.21. The average Bonchev–Trinajstić information content (AvgIpc) is 3.11. The summed E-state index contributed by atoms with van der Waals surface area (Å²) in [6.45, 7) is 4.56. The van der Waals surface area contributed by atoms with Gasteiger partial charge < -0.3 is 15.4 Å². The highest BCUT2D eigenvalue weighted by Gasteiger charge is 2.55. The van der Waals surface area contributed by atoms with Gasteiger partial charge in [-0.2, -0.15) is 0 Å². The van der Waals surface area contributed by atoms with E-state index in [0.717, 1.165) is 17.6 Å². The number of rotatable bonds is 4. The number of halogens is 1. The fourth-order valence-corrected chi connectivity index (χ4v) is 4.38. The minimum absolute atomic E-state index is 0.112. The van der Waals surface area contributed by atoms with Gasteiger partial charge in [0.2, 0.25) is 0 Å². The quantitative estimate of drug-likeness (QED) is 0.562. The second-order valence-electron chi connectivity index (χ2n) is 7.55. The van der Waals surface area contributed by atoms with E-state index >= 15 is 0 Å². The summed E-state index contributed by atoms with van der Waals surface area (Å²) in [5.74, 6) is 0.105. The zero-order valence-electron chi connectivity index (χ0n) is 15.3. The summed E-state index contributed by atoms with van der Waals surface area (Å²) < 4.78 is 5.33. The Morgan fingerprint density at radius 1 is 1.18 bits per heavy atom. The number of benzene rings is 2. The van der Waals surface area contributed by atoms with Crippen LogP contribution in [0.5, 0.6) is 0 Å². The fourth-order valence-electron chi connectivity index (χ4n) is 4.19. The topological polar surface area (TPSA) is 67.4 Å². The summed E-state index contributed by atoms with van der Waals surface area (Å²) in [7, 11) is 0. The Balaban J connectivity index is 1.41. The molecule has 0 aromatic heterocycles. The Morgan fingerprint density at radius 3 is 2.68 bits per heavy atom. The van der Waals surface area contributed by atoms with Crippen LogP contribution in [-0.4, -0.2) is 18.6 Å². The first-order chi connectivity index (χ1) is 13.4. The number of nitrogens with one attached hydrogen (secondary N) is 2. The molecule has 0 bridgehead atoms. The van der Waals surface area contributed by atoms with Gasteiger partial charge in [0.05, 0.1) is 12.0 Å². The predicted octanol–water partition coefficient (Wildman–Crippen LogP) is 5.04. The second-order valence-corrected chi connectivity index (χ2v) is 7.98. The van der Waals surface area contributed by atoms with Crippen LogP contribution in [0.1, 0.15) is 18.4 Å². The molecule has 144 valence electrons. The van der Waals surface area contributed by atoms with Gasteiger partial charge in [0.25, 0.3) is 0 Å². The lowest BCUT2D eigenvalue weighted by molar-refractivity contribution is -0.146. The van der Waals surface area contributed by atoms with Crippen LogP contribution in [-0.2, 0) is 16.0 Å². The van der Waals surface area contributed by atoms with Gasteiger partial charge >= 0.3 is 12.0 Å². The molecule has 2 N–H and O–H groups in total. The van der Waals surface area contributed by atoms with Gasteiger partial charge in [0.1, 0.15) is 0 Å². The number of allylic oxidation sites excluding steroid dienone is 1. The van der Waals surface area contributed by atoms with Gasteiger partial charge in [-0.1, -0.05) is 42.0 Å². The van der Waals surface area contributed by atoms with Gasteiger partial charge in [-0.3, -0.25) is 4.79 Å². The van der Waals surface area contributed by atoms with Crippen LogP contribution in [0.3, 0.4) is 0 Å². The van der Waals surface area contributed by atoms with Crippen molar-refractivity contribution in [1.29, 1.82) is 0 Å². The summed E-state index contributed by atoms with van der Waals surface area (Å²) in [5, 5.41) is 6.09. The molecule has 2 unspecified atom stereocenters. The third kappa shape index (κ3) is 3.62. The van der Waals surface area contributed by atoms with Crippen molar-refractivity contribution >= 4 is 35.0 Å². The Hall–Kier alpha value is -2.79. The van der Waals surface area contributed by atoms with Crippen molar-refractivity contribution in [3.63, 3.8) is 0 Å². The number of ether oxygens (including phenoxy) is 1. The number of amides is 2. The maximum atomic E-state index is 12.4. The summed E-state index contributed by atoms with van der Waals surface area (Å²) in [5.41, 5.74) is 2.97. The molecule has 1 saturated heterocycles. The minimum atomic E-state index is -0.476. The van der Waals surface area contributed by atoms with E-state index in [1.165, 1.54) is 0 Å². The molecule has 2 amide bonds. The Kier molecular flexibility index (Phi) is 4.85. The van der Waals surface area contributed by atoms with Crippen molar-refractivity contribution in [3.8, 4) is 0 Å². The third-order valence-corrected chi connectivity index (χ3v) is 5.75. The van der Waals surface area contributed by atoms with Gasteiger partial charge in [0.15, 0.2) is 0 Å². The normalized spacial score (nSPS) is 23.2. The van der Waals surface area contributed by atoms with Crippen LogP contribution in [0.4, 0.5) is 16.2 Å². The van der Waals surface area contributed by atoms with Crippen LogP contribution in [0.2, 0.25) is 5.02 Å². The summed E-state index contributed by atoms with van der Waals surface area (Å²) in [6, 6.07) is 14.2. The van der Waals surface area contributed by atoms with Crippen LogP contribution >= 0.6 is 11.6 Å². The number of carbonyl (C=O) groups is 2. The molecule has 2 atom stereocenters. The summed E-state index contributed by atoms with van der Waals surface area (Å²) >= 11 is 5.92. The summed E-state index contributed by atoms with van der Waals surface area (Å²) in [4.78, 5) is 24.5. The molecule has 28 heavy (non-hydrogen) atoms. The number of fused-ring (bicyclic) bond motifs is 1. The zero-order valence-corrected chi connectivity index (χ0v) is 16.1. The number of esters is 1. The highest BCUT2D eigenvalue weighted by Crippen LogP contribution is 2.52. The lowest BCUT2D eigenvalue weighted by atomic mass is 9.75. The molecular formula is C22H21ClN2O3. The number of urea groups is 1. The van der Waals surface area contributed by atoms with Crippen LogP contribution < -0.4 is 10.6 Å². The van der Waals surface area contributed by atoms with Crippen LogP contribution in [0.15, 0.2) is 60.7 Å². The largest absolute Gasteiger partial charge is 0.465 e. The molecule has 5 nitrogen and oxygen atoms in total. The van der Waals surface area contributed by atoms with Gasteiger partial charge in [-0.05, 0) is 55.2 Å². The zero-order chi connectivity index (χ0) is 19.7. The smallest absolute Gasteiger partial charge is 0.323 e. The fraction of sp³-hybridized carbons (Fsp3) is 0.273. The predicted molar refractivity (Wildman–Crippen MR) is 109 cm³/mol. The van der Waals surface area contributed by atoms with Crippen molar-refractivity contribution in [1.82, 2.24) is 0 Å². The lowest BCUT2D eigenvalue weighted by Crippen LogP contribution is -2.31. The average molecular weight is 397 g/mol. The van der Waals surface area contributed by atoms with E-state index in [1.807, 2.05) is 24.3 Å². The SMILES string of the molecule is C=C1CC2COC(=O)C2(Cc2ccc(NC(=O)Nc3cccc(Cl)c3)cc2)C1. The molecule has 1 aliphatic carbocycles. The lowest BCUT2D eigenvalue weighted by Gasteiger charge is -2.24. The molecule has 2 aromatic carbocycles. The highest BCUT2D eigenvalue weighted by molar-refractivity contribution is 6.30. The standard InChI is InChI=1S/C22H21ClN2O3/c1-14-9-16-13-28-20(26)22(16,11-14)12-15-5-7-18(8-6-15)24-21(27)25-19-4-2-3-17(23)10-19/h2-8,10,16H,1,9,11-13H2,(H2,24,25,27). The molecule has 4 rings (SSSR count). The van der Waals surface area contributed by atoms with Gasteiger partial charge in [-0.15, -0.1) is 0 Å². The molecule has 2 aliphatic rings. The minimum Gasteiger partial charge on any atom is -0.465 e. The van der Waals surface area contributed by atoms with E-state index in [2.05, 4.69) is 17.2 Å². The molecule has 1 saturated carbocycles. The van der Waals surface area contributed by atoms with E-state index in [-0.39, 0.29) is 17.9 Å². The monoisotopic (exact) mass is 396 g/mol. The van der Waals surface area contributed by atoms with Crippen molar-refractivity contribution < 1.29 is 14.3 Å². The molecule has 1 aliphatic heterocycles. The van der Waals surface area contributed by atoms with Crippen molar-refractivity contribution in [3.05, 3.63) is 71.3 Å². The number of hydrogen-bond donors (Lipinski definition) is 2. The number of carbonyl (C=O) groups excluding carboxylic acids is 2. The molecule has 2 aromatic rings. The van der Waals surface area contributed by atoms with E-state index in [1.54, 1.807) is 24.3 Å².